The van der Waals surface area contributed by atoms with Gasteiger partial charge in [-0.3, -0.25) is 0 Å². The van der Waals surface area contributed by atoms with Crippen LogP contribution in [0.25, 0.3) is 0 Å². The third-order valence-electron chi connectivity index (χ3n) is 6.78. The third-order valence-corrected chi connectivity index (χ3v) is 6.78. The molecule has 228 valence electrons. The Morgan fingerprint density at radius 1 is 0.474 bits per heavy atom. The summed E-state index contributed by atoms with van der Waals surface area (Å²) in [5, 5.41) is 0. The second-order valence-electron chi connectivity index (χ2n) is 11.9. The molecular formula is C30H60O8. The van der Waals surface area contributed by atoms with E-state index in [2.05, 4.69) is 34.6 Å². The van der Waals surface area contributed by atoms with Crippen LogP contribution in [0, 0.1) is 16.7 Å². The molecule has 0 aliphatic heterocycles. The Kier molecular flexibility index (Phi) is 21.0. The first kappa shape index (κ1) is 35.7. The molecule has 0 aromatic rings. The first-order chi connectivity index (χ1) is 18.2. The van der Waals surface area contributed by atoms with Gasteiger partial charge in [-0.1, -0.05) is 34.6 Å². The highest BCUT2D eigenvalue weighted by atomic mass is 16.6. The molecule has 1 aliphatic rings. The van der Waals surface area contributed by atoms with Crippen molar-refractivity contribution in [2.24, 2.45) is 16.7 Å². The maximum Gasteiger partial charge on any atom is 0.0704 e. The Bertz CT molecular complexity index is 515. The monoisotopic (exact) mass is 548 g/mol. The van der Waals surface area contributed by atoms with Crippen LogP contribution in [0.4, 0.5) is 0 Å². The molecule has 0 amide bonds. The van der Waals surface area contributed by atoms with E-state index in [0.29, 0.717) is 109 Å². The van der Waals surface area contributed by atoms with Crippen molar-refractivity contribution in [2.75, 3.05) is 99.1 Å². The van der Waals surface area contributed by atoms with E-state index in [0.717, 1.165) is 12.5 Å². The molecule has 1 aliphatic carbocycles. The van der Waals surface area contributed by atoms with Gasteiger partial charge >= 0.3 is 0 Å². The first-order valence-electron chi connectivity index (χ1n) is 14.9. The van der Waals surface area contributed by atoms with E-state index in [9.17, 15) is 0 Å². The first-order valence-corrected chi connectivity index (χ1v) is 14.9. The Morgan fingerprint density at radius 2 is 0.816 bits per heavy atom. The van der Waals surface area contributed by atoms with Gasteiger partial charge in [0, 0.05) is 6.61 Å². The van der Waals surface area contributed by atoms with E-state index in [1.165, 1.54) is 32.1 Å². The van der Waals surface area contributed by atoms with Gasteiger partial charge in [0.25, 0.3) is 0 Å². The standard InChI is InChI=1S/C30H60O8/c1-7-31-12-13-32-14-15-33-16-17-34-18-19-35-20-21-36-22-23-37-24-25-38-28-10-8-27(9-11-28)30(5,6)26-29(2,3)4/h27-28H,7-26H2,1-6H3. The maximum atomic E-state index is 6.07. The molecule has 0 heterocycles. The van der Waals surface area contributed by atoms with Crippen molar-refractivity contribution in [3.63, 3.8) is 0 Å². The summed E-state index contributed by atoms with van der Waals surface area (Å²) in [5.74, 6) is 0.804. The summed E-state index contributed by atoms with van der Waals surface area (Å²) in [6, 6.07) is 0. The summed E-state index contributed by atoms with van der Waals surface area (Å²) < 4.78 is 44.2. The SMILES string of the molecule is CCOCCOCCOCCOCCOCCOCCOCCOC1CCC(C(C)(C)CC(C)(C)C)CC1. The lowest BCUT2D eigenvalue weighted by atomic mass is 9.64. The number of hydrogen-bond donors (Lipinski definition) is 0. The molecule has 1 saturated carbocycles. The van der Waals surface area contributed by atoms with Gasteiger partial charge in [-0.25, -0.2) is 0 Å². The molecule has 0 spiro atoms. The lowest BCUT2D eigenvalue weighted by Crippen LogP contribution is -2.34. The molecule has 0 radical (unpaired) electrons. The fourth-order valence-corrected chi connectivity index (χ4v) is 5.26. The van der Waals surface area contributed by atoms with Gasteiger partial charge in [0.2, 0.25) is 0 Å². The van der Waals surface area contributed by atoms with Crippen molar-refractivity contribution in [1.82, 2.24) is 0 Å². The van der Waals surface area contributed by atoms with E-state index < -0.39 is 0 Å². The van der Waals surface area contributed by atoms with Crippen molar-refractivity contribution < 1.29 is 37.9 Å². The topological polar surface area (TPSA) is 73.8 Å². The summed E-state index contributed by atoms with van der Waals surface area (Å²) in [5.41, 5.74) is 0.789. The zero-order valence-electron chi connectivity index (χ0n) is 25.6. The minimum atomic E-state index is 0.386. The average molecular weight is 549 g/mol. The number of rotatable bonds is 25. The molecule has 1 rings (SSSR count). The highest BCUT2D eigenvalue weighted by molar-refractivity contribution is 4.86. The number of hydrogen-bond acceptors (Lipinski definition) is 8. The predicted octanol–water partition coefficient (Wildman–Crippen LogP) is 5.16. The van der Waals surface area contributed by atoms with Gasteiger partial charge in [0.1, 0.15) is 0 Å². The van der Waals surface area contributed by atoms with Crippen molar-refractivity contribution >= 4 is 0 Å². The minimum Gasteiger partial charge on any atom is -0.379 e. The van der Waals surface area contributed by atoms with Gasteiger partial charge in [-0.2, -0.15) is 0 Å². The fraction of sp³-hybridized carbons (Fsp3) is 1.00. The van der Waals surface area contributed by atoms with Crippen LogP contribution in [0.2, 0.25) is 0 Å². The molecule has 0 unspecified atom stereocenters. The van der Waals surface area contributed by atoms with Gasteiger partial charge in [0.15, 0.2) is 0 Å². The highest BCUT2D eigenvalue weighted by Gasteiger charge is 2.36. The highest BCUT2D eigenvalue weighted by Crippen LogP contribution is 2.45. The van der Waals surface area contributed by atoms with Crippen LogP contribution in [-0.2, 0) is 37.9 Å². The fourth-order valence-electron chi connectivity index (χ4n) is 5.26. The molecule has 38 heavy (non-hydrogen) atoms. The molecule has 8 heteroatoms. The van der Waals surface area contributed by atoms with Crippen LogP contribution < -0.4 is 0 Å². The molecule has 0 atom stereocenters. The lowest BCUT2D eigenvalue weighted by molar-refractivity contribution is -0.0414. The lowest BCUT2D eigenvalue weighted by Gasteiger charge is -2.42. The largest absolute Gasteiger partial charge is 0.379 e. The summed E-state index contributed by atoms with van der Waals surface area (Å²) >= 11 is 0. The predicted molar refractivity (Wildman–Crippen MR) is 151 cm³/mol. The Labute approximate surface area is 233 Å². The normalized spacial score (nSPS) is 18.8. The van der Waals surface area contributed by atoms with Gasteiger partial charge < -0.3 is 37.9 Å². The molecule has 0 aromatic heterocycles. The Balaban J connectivity index is 1.78. The molecule has 0 N–H and O–H groups in total. The second-order valence-corrected chi connectivity index (χ2v) is 11.9. The van der Waals surface area contributed by atoms with Crippen LogP contribution in [0.1, 0.15) is 73.6 Å². The van der Waals surface area contributed by atoms with E-state index in [1.54, 1.807) is 0 Å². The molecule has 0 aromatic carbocycles. The Morgan fingerprint density at radius 3 is 1.16 bits per heavy atom. The van der Waals surface area contributed by atoms with Crippen molar-refractivity contribution in [1.29, 1.82) is 0 Å². The summed E-state index contributed by atoms with van der Waals surface area (Å²) in [6.45, 7) is 22.8. The van der Waals surface area contributed by atoms with Crippen LogP contribution in [0.15, 0.2) is 0 Å². The van der Waals surface area contributed by atoms with E-state index in [-0.39, 0.29) is 0 Å². The van der Waals surface area contributed by atoms with Crippen molar-refractivity contribution in [3.05, 3.63) is 0 Å². The van der Waals surface area contributed by atoms with E-state index in [4.69, 9.17) is 37.9 Å². The van der Waals surface area contributed by atoms with Gasteiger partial charge in [0.05, 0.1) is 98.6 Å². The molecule has 8 nitrogen and oxygen atoms in total. The minimum absolute atomic E-state index is 0.386. The average Bonchev–Trinajstić information content (AvgIpc) is 2.86. The zero-order valence-corrected chi connectivity index (χ0v) is 25.6. The van der Waals surface area contributed by atoms with Crippen molar-refractivity contribution in [3.8, 4) is 0 Å². The van der Waals surface area contributed by atoms with Crippen molar-refractivity contribution in [2.45, 2.75) is 79.8 Å². The van der Waals surface area contributed by atoms with Crippen LogP contribution >= 0.6 is 0 Å². The molecule has 0 bridgehead atoms. The molecule has 0 saturated heterocycles. The van der Waals surface area contributed by atoms with Crippen LogP contribution in [0.5, 0.6) is 0 Å². The third kappa shape index (κ3) is 20.6. The summed E-state index contributed by atoms with van der Waals surface area (Å²) in [6.07, 6.45) is 6.56. The number of ether oxygens (including phenoxy) is 8. The zero-order chi connectivity index (χ0) is 28.0. The maximum absolute atomic E-state index is 6.07. The summed E-state index contributed by atoms with van der Waals surface area (Å²) in [4.78, 5) is 0. The Hall–Kier alpha value is -0.320. The summed E-state index contributed by atoms with van der Waals surface area (Å²) in [7, 11) is 0. The van der Waals surface area contributed by atoms with Crippen LogP contribution in [0.3, 0.4) is 0 Å². The molecule has 1 fully saturated rings. The molecular weight excluding hydrogens is 488 g/mol. The second kappa shape index (κ2) is 22.4. The van der Waals surface area contributed by atoms with Gasteiger partial charge in [-0.15, -0.1) is 0 Å². The van der Waals surface area contributed by atoms with Gasteiger partial charge in [-0.05, 0) is 55.8 Å². The smallest absolute Gasteiger partial charge is 0.0704 e. The van der Waals surface area contributed by atoms with E-state index >= 15 is 0 Å². The van der Waals surface area contributed by atoms with E-state index in [1.807, 2.05) is 6.92 Å². The quantitative estimate of drug-likeness (QED) is 0.145. The van der Waals surface area contributed by atoms with Crippen LogP contribution in [-0.4, -0.2) is 105 Å².